The van der Waals surface area contributed by atoms with Crippen LogP contribution in [-0.4, -0.2) is 24.4 Å². The van der Waals surface area contributed by atoms with Gasteiger partial charge in [0.05, 0.1) is 7.11 Å². The summed E-state index contributed by atoms with van der Waals surface area (Å²) in [6.45, 7) is 1.58. The Balaban J connectivity index is 2.13. The van der Waals surface area contributed by atoms with E-state index in [4.69, 9.17) is 9.47 Å². The molecule has 1 aliphatic rings. The van der Waals surface area contributed by atoms with E-state index in [1.54, 1.807) is 6.92 Å². The molecule has 2 aromatic rings. The number of nitrogens with one attached hydrogen (secondary N) is 1. The van der Waals surface area contributed by atoms with Crippen molar-refractivity contribution >= 4 is 0 Å². The minimum atomic E-state index is -4.65. The molecular weight excluding hydrogens is 373 g/mol. The van der Waals surface area contributed by atoms with E-state index < -0.39 is 53.5 Å². The number of benzene rings is 1. The van der Waals surface area contributed by atoms with E-state index in [2.05, 4.69) is 4.98 Å². The number of hydrogen-bond donors (Lipinski definition) is 1. The fourth-order valence-corrected chi connectivity index (χ4v) is 3.38. The second-order valence-electron chi connectivity index (χ2n) is 6.37. The molecule has 1 aliphatic heterocycles. The van der Waals surface area contributed by atoms with Gasteiger partial charge >= 0.3 is 6.18 Å². The van der Waals surface area contributed by atoms with Crippen LogP contribution in [0, 0.1) is 18.6 Å². The van der Waals surface area contributed by atoms with E-state index in [-0.39, 0.29) is 11.3 Å². The lowest BCUT2D eigenvalue weighted by Gasteiger charge is -2.21. The van der Waals surface area contributed by atoms with Crippen molar-refractivity contribution in [2.24, 2.45) is 0 Å². The van der Waals surface area contributed by atoms with Crippen molar-refractivity contribution in [3.05, 3.63) is 63.1 Å². The summed E-state index contributed by atoms with van der Waals surface area (Å²) in [6, 6.07) is 4.41. The Morgan fingerprint density at radius 2 is 1.93 bits per heavy atom. The fraction of sp³-hybridized carbons (Fsp3) is 0.389. The highest BCUT2D eigenvalue weighted by Gasteiger charge is 2.51. The SMILES string of the molecule is COc1c([C@@H]2C[C@H](C(F)(F)F)O[C@H]2c2cc(=O)cc(C)[nH]2)ccc(F)c1F. The Morgan fingerprint density at radius 3 is 2.52 bits per heavy atom. The molecule has 0 bridgehead atoms. The summed E-state index contributed by atoms with van der Waals surface area (Å²) in [6.07, 6.45) is -8.49. The number of hydrogen-bond acceptors (Lipinski definition) is 3. The Labute approximate surface area is 150 Å². The first kappa shape index (κ1) is 19.3. The van der Waals surface area contributed by atoms with Gasteiger partial charge in [-0.15, -0.1) is 0 Å². The van der Waals surface area contributed by atoms with Gasteiger partial charge in [-0.1, -0.05) is 6.07 Å². The highest BCUT2D eigenvalue weighted by atomic mass is 19.4. The van der Waals surface area contributed by atoms with Gasteiger partial charge in [-0.25, -0.2) is 4.39 Å². The van der Waals surface area contributed by atoms with Crippen LogP contribution in [0.1, 0.15) is 35.4 Å². The van der Waals surface area contributed by atoms with Crippen molar-refractivity contribution in [2.45, 2.75) is 37.6 Å². The number of rotatable bonds is 3. The molecule has 1 saturated heterocycles. The maximum Gasteiger partial charge on any atom is 0.414 e. The third-order valence-electron chi connectivity index (χ3n) is 4.50. The largest absolute Gasteiger partial charge is 0.493 e. The van der Waals surface area contributed by atoms with Crippen molar-refractivity contribution in [3.8, 4) is 5.75 Å². The van der Waals surface area contributed by atoms with Crippen LogP contribution in [0.3, 0.4) is 0 Å². The molecule has 0 radical (unpaired) electrons. The number of alkyl halides is 3. The van der Waals surface area contributed by atoms with Gasteiger partial charge in [0.25, 0.3) is 0 Å². The lowest BCUT2D eigenvalue weighted by Crippen LogP contribution is -2.28. The molecule has 0 saturated carbocycles. The molecule has 1 fully saturated rings. The Bertz CT molecular complexity index is 909. The molecule has 3 atom stereocenters. The first-order valence-electron chi connectivity index (χ1n) is 8.06. The van der Waals surface area contributed by atoms with E-state index in [9.17, 15) is 26.7 Å². The summed E-state index contributed by atoms with van der Waals surface area (Å²) in [5.74, 6) is -3.95. The summed E-state index contributed by atoms with van der Waals surface area (Å²) >= 11 is 0. The standard InChI is InChI=1S/C18H16F5NO3/c1-8-5-9(25)6-13(24-8)16-11(7-14(27-16)18(21,22)23)10-3-4-12(19)15(20)17(10)26-2/h3-6,11,14,16H,7H2,1-2H3,(H,24,25)/t11-,14+,16+/m0/s1. The Kier molecular flexibility index (Phi) is 4.98. The van der Waals surface area contributed by atoms with Gasteiger partial charge in [0.15, 0.2) is 23.1 Å². The van der Waals surface area contributed by atoms with E-state index in [1.807, 2.05) is 0 Å². The molecule has 9 heteroatoms. The van der Waals surface area contributed by atoms with Crippen LogP contribution in [-0.2, 0) is 4.74 Å². The third-order valence-corrected chi connectivity index (χ3v) is 4.50. The van der Waals surface area contributed by atoms with Crippen molar-refractivity contribution in [2.75, 3.05) is 7.11 Å². The predicted molar refractivity (Wildman–Crippen MR) is 85.7 cm³/mol. The summed E-state index contributed by atoms with van der Waals surface area (Å²) in [7, 11) is 1.10. The van der Waals surface area contributed by atoms with Crippen molar-refractivity contribution in [1.82, 2.24) is 4.98 Å². The highest BCUT2D eigenvalue weighted by Crippen LogP contribution is 2.50. The van der Waals surface area contributed by atoms with Crippen LogP contribution < -0.4 is 10.2 Å². The highest BCUT2D eigenvalue weighted by molar-refractivity contribution is 5.40. The lowest BCUT2D eigenvalue weighted by atomic mass is 9.88. The first-order valence-corrected chi connectivity index (χ1v) is 8.06. The third kappa shape index (κ3) is 3.69. The van der Waals surface area contributed by atoms with Gasteiger partial charge in [-0.05, 0) is 19.4 Å². The zero-order valence-electron chi connectivity index (χ0n) is 14.4. The molecule has 1 aromatic heterocycles. The smallest absolute Gasteiger partial charge is 0.414 e. The second kappa shape index (κ2) is 6.95. The van der Waals surface area contributed by atoms with Gasteiger partial charge in [-0.3, -0.25) is 4.79 Å². The molecule has 0 aliphatic carbocycles. The molecule has 146 valence electrons. The molecule has 0 unspecified atom stereocenters. The number of aromatic nitrogens is 1. The monoisotopic (exact) mass is 389 g/mol. The Hall–Kier alpha value is -2.42. The van der Waals surface area contributed by atoms with Crippen LogP contribution in [0.4, 0.5) is 22.0 Å². The van der Waals surface area contributed by atoms with Gasteiger partial charge in [0.1, 0.15) is 6.10 Å². The van der Waals surface area contributed by atoms with Gasteiger partial charge in [0, 0.05) is 35.0 Å². The van der Waals surface area contributed by atoms with E-state index in [1.165, 1.54) is 12.1 Å². The second-order valence-corrected chi connectivity index (χ2v) is 6.37. The predicted octanol–water partition coefficient (Wildman–Crippen LogP) is 4.15. The minimum absolute atomic E-state index is 0.0375. The number of aromatic amines is 1. The van der Waals surface area contributed by atoms with E-state index in [0.29, 0.717) is 5.69 Å². The molecule has 0 spiro atoms. The number of H-pyrrole nitrogens is 1. The molecule has 1 N–H and O–H groups in total. The maximum atomic E-state index is 14.1. The van der Waals surface area contributed by atoms with E-state index >= 15 is 0 Å². The van der Waals surface area contributed by atoms with Gasteiger partial charge < -0.3 is 14.5 Å². The minimum Gasteiger partial charge on any atom is -0.493 e. The normalized spacial score (nSPS) is 22.9. The quantitative estimate of drug-likeness (QED) is 0.803. The average molecular weight is 389 g/mol. The molecule has 27 heavy (non-hydrogen) atoms. The molecule has 0 amide bonds. The molecule has 1 aromatic carbocycles. The van der Waals surface area contributed by atoms with Gasteiger partial charge in [-0.2, -0.15) is 17.6 Å². The Morgan fingerprint density at radius 1 is 1.22 bits per heavy atom. The van der Waals surface area contributed by atoms with Crippen LogP contribution >= 0.6 is 0 Å². The van der Waals surface area contributed by atoms with Crippen molar-refractivity contribution in [1.29, 1.82) is 0 Å². The van der Waals surface area contributed by atoms with Crippen molar-refractivity contribution < 1.29 is 31.4 Å². The van der Waals surface area contributed by atoms with E-state index in [0.717, 1.165) is 19.2 Å². The van der Waals surface area contributed by atoms with Crippen LogP contribution in [0.15, 0.2) is 29.1 Å². The summed E-state index contributed by atoms with van der Waals surface area (Å²) in [5.41, 5.74) is 0.197. The average Bonchev–Trinajstić information content (AvgIpc) is 3.01. The fourth-order valence-electron chi connectivity index (χ4n) is 3.38. The lowest BCUT2D eigenvalue weighted by molar-refractivity contribution is -0.215. The number of ether oxygens (including phenoxy) is 2. The summed E-state index contributed by atoms with van der Waals surface area (Å²) in [5, 5.41) is 0. The first-order chi connectivity index (χ1) is 12.6. The molecular formula is C18H16F5NO3. The number of halogens is 5. The van der Waals surface area contributed by atoms with Gasteiger partial charge in [0.2, 0.25) is 5.82 Å². The zero-order valence-corrected chi connectivity index (χ0v) is 14.4. The summed E-state index contributed by atoms with van der Waals surface area (Å²) < 4.78 is 77.5. The summed E-state index contributed by atoms with van der Waals surface area (Å²) in [4.78, 5) is 14.6. The van der Waals surface area contributed by atoms with Crippen molar-refractivity contribution in [3.63, 3.8) is 0 Å². The molecule has 2 heterocycles. The molecule has 4 nitrogen and oxygen atoms in total. The maximum absolute atomic E-state index is 14.1. The zero-order chi connectivity index (χ0) is 19.9. The number of methoxy groups -OCH3 is 1. The van der Waals surface area contributed by atoms with Crippen LogP contribution in [0.25, 0.3) is 0 Å². The number of aryl methyl sites for hydroxylation is 1. The molecule has 3 rings (SSSR count). The number of pyridine rings is 1. The topological polar surface area (TPSA) is 51.3 Å². The van der Waals surface area contributed by atoms with Crippen LogP contribution in [0.2, 0.25) is 0 Å². The van der Waals surface area contributed by atoms with Crippen LogP contribution in [0.5, 0.6) is 5.75 Å².